The molecule has 1 aromatic carbocycles. The monoisotopic (exact) mass is 667 g/mol. The number of benzene rings is 1. The number of amides is 1. The van der Waals surface area contributed by atoms with E-state index in [1.165, 1.54) is 0 Å². The number of aromatic nitrogens is 3. The summed E-state index contributed by atoms with van der Waals surface area (Å²) in [5, 5.41) is 0.639. The van der Waals surface area contributed by atoms with E-state index in [0.717, 1.165) is 73.4 Å². The second-order valence-electron chi connectivity index (χ2n) is 11.9. The zero-order valence-corrected chi connectivity index (χ0v) is 28.1. The highest BCUT2D eigenvalue weighted by Crippen LogP contribution is 2.48. The highest BCUT2D eigenvalue weighted by Gasteiger charge is 2.52. The molecule has 0 N–H and O–H groups in total. The molecule has 0 bridgehead atoms. The SMILES string of the molecule is C#CCOCCOCCOCCOCCOCCCCn1c(CN2C(=O)C3(CCN(C)CC3)c3ccncc32)nc2cc(Cl)ccc21. The van der Waals surface area contributed by atoms with Gasteiger partial charge in [0.1, 0.15) is 12.4 Å². The van der Waals surface area contributed by atoms with Crippen LogP contribution in [0.1, 0.15) is 37.1 Å². The number of unbranched alkanes of at least 4 members (excludes halogenated alkanes) is 1. The minimum Gasteiger partial charge on any atom is -0.379 e. The van der Waals surface area contributed by atoms with Gasteiger partial charge in [-0.25, -0.2) is 4.98 Å². The lowest BCUT2D eigenvalue weighted by atomic mass is 9.74. The summed E-state index contributed by atoms with van der Waals surface area (Å²) in [6.07, 6.45) is 12.1. The van der Waals surface area contributed by atoms with Gasteiger partial charge in [-0.3, -0.25) is 9.78 Å². The Kier molecular flexibility index (Phi) is 13.4. The molecule has 2 aliphatic rings. The first-order valence-electron chi connectivity index (χ1n) is 16.5. The van der Waals surface area contributed by atoms with Crippen molar-refractivity contribution in [3.8, 4) is 12.3 Å². The summed E-state index contributed by atoms with van der Waals surface area (Å²) in [5.74, 6) is 3.40. The van der Waals surface area contributed by atoms with Crippen LogP contribution >= 0.6 is 11.6 Å². The van der Waals surface area contributed by atoms with Gasteiger partial charge in [0.15, 0.2) is 0 Å². The van der Waals surface area contributed by atoms with Crippen LogP contribution < -0.4 is 4.90 Å². The number of hydrogen-bond donors (Lipinski definition) is 0. The van der Waals surface area contributed by atoms with E-state index in [1.54, 1.807) is 6.20 Å². The van der Waals surface area contributed by atoms with Gasteiger partial charge in [0.05, 0.1) is 87.7 Å². The molecule has 0 atom stereocenters. The van der Waals surface area contributed by atoms with Gasteiger partial charge in [-0.15, -0.1) is 6.42 Å². The normalized spacial score (nSPS) is 15.9. The Bertz CT molecular complexity index is 1480. The van der Waals surface area contributed by atoms with E-state index in [9.17, 15) is 4.79 Å². The molecular weight excluding hydrogens is 622 g/mol. The Balaban J connectivity index is 1.06. The van der Waals surface area contributed by atoms with Gasteiger partial charge in [-0.2, -0.15) is 0 Å². The second-order valence-corrected chi connectivity index (χ2v) is 12.3. The number of terminal acetylenes is 1. The number of rotatable bonds is 20. The number of anilines is 1. The molecule has 0 saturated carbocycles. The second kappa shape index (κ2) is 17.9. The third kappa shape index (κ3) is 9.09. The predicted octanol–water partition coefficient (Wildman–Crippen LogP) is 4.09. The van der Waals surface area contributed by atoms with Crippen molar-refractivity contribution in [2.24, 2.45) is 0 Å². The number of aryl methyl sites for hydroxylation is 1. The number of hydrogen-bond acceptors (Lipinski definition) is 9. The topological polar surface area (TPSA) is 100 Å². The smallest absolute Gasteiger partial charge is 0.238 e. The highest BCUT2D eigenvalue weighted by molar-refractivity contribution is 6.31. The zero-order chi connectivity index (χ0) is 32.9. The van der Waals surface area contributed by atoms with Gasteiger partial charge >= 0.3 is 0 Å². The molecule has 0 radical (unpaired) electrons. The maximum Gasteiger partial charge on any atom is 0.238 e. The predicted molar refractivity (Wildman–Crippen MR) is 181 cm³/mol. The summed E-state index contributed by atoms with van der Waals surface area (Å²) < 4.78 is 29.6. The van der Waals surface area contributed by atoms with Crippen molar-refractivity contribution in [2.75, 3.05) is 91.1 Å². The summed E-state index contributed by atoms with van der Waals surface area (Å²) >= 11 is 6.34. The van der Waals surface area contributed by atoms with Crippen molar-refractivity contribution < 1.29 is 28.5 Å². The number of fused-ring (bicyclic) bond motifs is 3. The number of imidazole rings is 1. The molecule has 254 valence electrons. The van der Waals surface area contributed by atoms with Crippen LogP contribution in [0.4, 0.5) is 5.69 Å². The van der Waals surface area contributed by atoms with Crippen LogP contribution in [0.15, 0.2) is 36.7 Å². The van der Waals surface area contributed by atoms with Crippen molar-refractivity contribution in [2.45, 2.75) is 44.2 Å². The number of carbonyl (C=O) groups excluding carboxylic acids is 1. The minimum absolute atomic E-state index is 0.153. The quantitative estimate of drug-likeness (QED) is 0.130. The van der Waals surface area contributed by atoms with Crippen LogP contribution in [-0.2, 0) is 47.0 Å². The third-order valence-electron chi connectivity index (χ3n) is 8.78. The molecule has 2 aromatic heterocycles. The molecule has 2 aliphatic heterocycles. The molecule has 0 unspecified atom stereocenters. The van der Waals surface area contributed by atoms with Crippen molar-refractivity contribution >= 4 is 34.2 Å². The molecule has 1 fully saturated rings. The van der Waals surface area contributed by atoms with Crippen molar-refractivity contribution in [1.29, 1.82) is 0 Å². The number of pyridine rings is 1. The number of ether oxygens (including phenoxy) is 5. The van der Waals surface area contributed by atoms with Gasteiger partial charge in [-0.1, -0.05) is 17.5 Å². The van der Waals surface area contributed by atoms with E-state index in [2.05, 4.69) is 27.4 Å². The molecule has 1 amide bonds. The van der Waals surface area contributed by atoms with Crippen molar-refractivity contribution in [1.82, 2.24) is 19.4 Å². The molecule has 0 aliphatic carbocycles. The van der Waals surface area contributed by atoms with Crippen LogP contribution in [0.3, 0.4) is 0 Å². The molecular formula is C35H46ClN5O6. The lowest BCUT2D eigenvalue weighted by Gasteiger charge is -2.36. The lowest BCUT2D eigenvalue weighted by Crippen LogP contribution is -2.47. The summed E-state index contributed by atoms with van der Waals surface area (Å²) in [5.41, 5.74) is 3.33. The Morgan fingerprint density at radius 3 is 2.26 bits per heavy atom. The zero-order valence-electron chi connectivity index (χ0n) is 27.3. The van der Waals surface area contributed by atoms with E-state index in [0.29, 0.717) is 77.6 Å². The van der Waals surface area contributed by atoms with Crippen molar-refractivity contribution in [3.63, 3.8) is 0 Å². The number of likely N-dealkylation sites (tertiary alicyclic amines) is 1. The summed E-state index contributed by atoms with van der Waals surface area (Å²) in [6, 6.07) is 7.81. The van der Waals surface area contributed by atoms with E-state index in [-0.39, 0.29) is 5.91 Å². The largest absolute Gasteiger partial charge is 0.379 e. The standard InChI is InChI=1S/C35H46ClN5O6/c1-3-15-43-17-19-45-21-23-47-24-22-46-20-18-44-16-5-4-12-40-31-7-6-28(36)25-30(31)38-33(40)27-41-32-26-37-11-8-29(32)35(34(41)42)9-13-39(2)14-10-35/h1,6-8,11,25-26H,4-5,9-10,12-24,27H2,2H3. The summed E-state index contributed by atoms with van der Waals surface area (Å²) in [4.78, 5) is 27.7. The van der Waals surface area contributed by atoms with Gasteiger partial charge in [0.2, 0.25) is 5.91 Å². The van der Waals surface area contributed by atoms with Crippen molar-refractivity contribution in [3.05, 3.63) is 53.1 Å². The molecule has 11 nitrogen and oxygen atoms in total. The molecule has 5 rings (SSSR count). The Hall–Kier alpha value is -3.08. The fourth-order valence-electron chi connectivity index (χ4n) is 6.28. The molecule has 3 aromatic rings. The van der Waals surface area contributed by atoms with E-state index < -0.39 is 5.41 Å². The van der Waals surface area contributed by atoms with Crippen LogP contribution in [0, 0.1) is 12.3 Å². The van der Waals surface area contributed by atoms with Gasteiger partial charge in [-0.05, 0) is 75.6 Å². The van der Waals surface area contributed by atoms with Gasteiger partial charge in [0.25, 0.3) is 0 Å². The van der Waals surface area contributed by atoms with E-state index in [1.807, 2.05) is 35.4 Å². The van der Waals surface area contributed by atoms with Crippen LogP contribution in [-0.4, -0.2) is 112 Å². The number of halogens is 1. The van der Waals surface area contributed by atoms with Crippen LogP contribution in [0.5, 0.6) is 0 Å². The first-order chi connectivity index (χ1) is 23.0. The number of nitrogens with zero attached hydrogens (tertiary/aromatic N) is 5. The molecule has 1 saturated heterocycles. The van der Waals surface area contributed by atoms with Crippen LogP contribution in [0.25, 0.3) is 11.0 Å². The number of carbonyl (C=O) groups is 1. The van der Waals surface area contributed by atoms with Gasteiger partial charge < -0.3 is 38.1 Å². The minimum atomic E-state index is -0.493. The summed E-state index contributed by atoms with van der Waals surface area (Å²) in [6.45, 7) is 7.91. The molecule has 1 spiro atoms. The maximum absolute atomic E-state index is 14.1. The van der Waals surface area contributed by atoms with E-state index in [4.69, 9.17) is 46.7 Å². The van der Waals surface area contributed by atoms with E-state index >= 15 is 0 Å². The molecule has 47 heavy (non-hydrogen) atoms. The Labute approximate surface area is 282 Å². The maximum atomic E-state index is 14.1. The summed E-state index contributed by atoms with van der Waals surface area (Å²) in [7, 11) is 2.11. The molecule has 4 heterocycles. The fourth-order valence-corrected chi connectivity index (χ4v) is 6.44. The van der Waals surface area contributed by atoms with Crippen LogP contribution in [0.2, 0.25) is 5.02 Å². The number of piperidine rings is 1. The Morgan fingerprint density at radius 1 is 0.915 bits per heavy atom. The lowest BCUT2D eigenvalue weighted by molar-refractivity contribution is -0.124. The molecule has 12 heteroatoms. The highest BCUT2D eigenvalue weighted by atomic mass is 35.5. The average molecular weight is 668 g/mol. The Morgan fingerprint density at radius 2 is 1.57 bits per heavy atom. The first-order valence-corrected chi connectivity index (χ1v) is 16.8. The fraction of sp³-hybridized carbons (Fsp3) is 0.571. The average Bonchev–Trinajstić information content (AvgIpc) is 3.53. The third-order valence-corrected chi connectivity index (χ3v) is 9.02. The van der Waals surface area contributed by atoms with Gasteiger partial charge in [0, 0.05) is 24.4 Å². The first kappa shape index (κ1) is 35.2.